The van der Waals surface area contributed by atoms with Gasteiger partial charge in [0.15, 0.2) is 0 Å². The lowest BCUT2D eigenvalue weighted by molar-refractivity contribution is 0.829. The van der Waals surface area contributed by atoms with Crippen LogP contribution in [0.15, 0.2) is 77.9 Å². The molecule has 4 N–H and O–H groups in total. The zero-order valence-corrected chi connectivity index (χ0v) is 21.0. The summed E-state index contributed by atoms with van der Waals surface area (Å²) >= 11 is 6.00. The van der Waals surface area contributed by atoms with Crippen LogP contribution in [0.25, 0.3) is 11.3 Å². The van der Waals surface area contributed by atoms with Crippen molar-refractivity contribution in [1.29, 1.82) is 5.26 Å². The van der Waals surface area contributed by atoms with Crippen molar-refractivity contribution in [3.8, 4) is 17.3 Å². The molecule has 0 amide bonds. The van der Waals surface area contributed by atoms with Gasteiger partial charge in [-0.05, 0) is 36.4 Å². The summed E-state index contributed by atoms with van der Waals surface area (Å²) in [4.78, 5) is 39.0. The molecular formula is C25H19ClN12O. The van der Waals surface area contributed by atoms with Crippen molar-refractivity contribution in [3.63, 3.8) is 0 Å². The highest BCUT2D eigenvalue weighted by Crippen LogP contribution is 2.23. The molecule has 0 atom stereocenters. The van der Waals surface area contributed by atoms with Crippen LogP contribution in [0.5, 0.6) is 0 Å². The molecule has 1 aromatic carbocycles. The molecule has 0 aliphatic heterocycles. The number of benzene rings is 1. The van der Waals surface area contributed by atoms with Crippen molar-refractivity contribution in [2.24, 2.45) is 7.05 Å². The fourth-order valence-corrected chi connectivity index (χ4v) is 3.52. The number of nitrogens with zero attached hydrogens (tertiary/aromatic N) is 8. The second kappa shape index (κ2) is 11.2. The normalized spacial score (nSPS) is 10.4. The summed E-state index contributed by atoms with van der Waals surface area (Å²) in [5.41, 5.74) is 5.82. The van der Waals surface area contributed by atoms with Gasteiger partial charge in [0, 0.05) is 30.0 Å². The van der Waals surface area contributed by atoms with Gasteiger partial charge in [-0.15, -0.1) is 0 Å². The maximum Gasteiger partial charge on any atom is 0.273 e. The molecule has 4 heterocycles. The molecule has 0 unspecified atom stereocenters. The molecule has 192 valence electrons. The van der Waals surface area contributed by atoms with Crippen molar-refractivity contribution in [1.82, 2.24) is 34.5 Å². The fourth-order valence-electron chi connectivity index (χ4n) is 3.39. The first-order valence-electron chi connectivity index (χ1n) is 11.4. The smallest absolute Gasteiger partial charge is 0.273 e. The van der Waals surface area contributed by atoms with E-state index < -0.39 is 5.56 Å². The van der Waals surface area contributed by atoms with E-state index in [1.54, 1.807) is 60.9 Å². The van der Waals surface area contributed by atoms with Crippen LogP contribution >= 0.6 is 11.6 Å². The monoisotopic (exact) mass is 538 g/mol. The molecule has 0 saturated carbocycles. The van der Waals surface area contributed by atoms with E-state index in [1.165, 1.54) is 11.6 Å². The highest BCUT2D eigenvalue weighted by molar-refractivity contribution is 6.30. The van der Waals surface area contributed by atoms with E-state index >= 15 is 0 Å². The Kier molecular flexibility index (Phi) is 7.19. The Morgan fingerprint density at radius 3 is 1.92 bits per heavy atom. The molecule has 39 heavy (non-hydrogen) atoms. The SMILES string of the molecule is Cn1c(NNc2nc(Nc3ccccn3)nc(Nc3ccccn3)n2)nc(-c2ccc(Cl)cc2)c(C#N)c1=O. The van der Waals surface area contributed by atoms with E-state index in [2.05, 4.69) is 51.4 Å². The van der Waals surface area contributed by atoms with Crippen LogP contribution in [-0.2, 0) is 7.05 Å². The summed E-state index contributed by atoms with van der Waals surface area (Å²) in [6.07, 6.45) is 3.26. The molecule has 4 aromatic heterocycles. The molecule has 0 radical (unpaired) electrons. The average Bonchev–Trinajstić information content (AvgIpc) is 2.95. The quantitative estimate of drug-likeness (QED) is 0.210. The largest absolute Gasteiger partial charge is 0.309 e. The van der Waals surface area contributed by atoms with Gasteiger partial charge in [0.1, 0.15) is 23.3 Å². The van der Waals surface area contributed by atoms with Crippen molar-refractivity contribution in [2.75, 3.05) is 21.5 Å². The predicted molar refractivity (Wildman–Crippen MR) is 147 cm³/mol. The first-order valence-corrected chi connectivity index (χ1v) is 11.8. The molecule has 0 saturated heterocycles. The Labute approximate surface area is 226 Å². The van der Waals surface area contributed by atoms with E-state index in [-0.39, 0.29) is 35.1 Å². The van der Waals surface area contributed by atoms with Crippen LogP contribution < -0.4 is 27.0 Å². The number of aromatic nitrogens is 7. The topological polar surface area (TPSA) is 171 Å². The number of hydrogen-bond acceptors (Lipinski definition) is 12. The number of hydrogen-bond donors (Lipinski definition) is 4. The highest BCUT2D eigenvalue weighted by Gasteiger charge is 2.17. The van der Waals surface area contributed by atoms with Gasteiger partial charge >= 0.3 is 0 Å². The lowest BCUT2D eigenvalue weighted by atomic mass is 10.1. The molecular weight excluding hydrogens is 520 g/mol. The van der Waals surface area contributed by atoms with E-state index in [9.17, 15) is 10.1 Å². The second-order valence-electron chi connectivity index (χ2n) is 7.88. The first-order chi connectivity index (χ1) is 19.0. The molecule has 0 spiro atoms. The summed E-state index contributed by atoms with van der Waals surface area (Å²) < 4.78 is 1.20. The third-order valence-electron chi connectivity index (χ3n) is 5.25. The van der Waals surface area contributed by atoms with E-state index in [4.69, 9.17) is 11.6 Å². The Hall–Kier alpha value is -5.61. The van der Waals surface area contributed by atoms with Crippen molar-refractivity contribution >= 4 is 47.0 Å². The summed E-state index contributed by atoms with van der Waals surface area (Å²) in [5, 5.41) is 16.2. The van der Waals surface area contributed by atoms with Gasteiger partial charge in [0.05, 0.1) is 5.69 Å². The van der Waals surface area contributed by atoms with E-state index in [0.29, 0.717) is 22.2 Å². The predicted octanol–water partition coefficient (Wildman–Crippen LogP) is 3.87. The first kappa shape index (κ1) is 25.1. The van der Waals surface area contributed by atoms with Crippen molar-refractivity contribution in [2.45, 2.75) is 0 Å². The van der Waals surface area contributed by atoms with Gasteiger partial charge in [-0.2, -0.15) is 20.2 Å². The Balaban J connectivity index is 1.47. The van der Waals surface area contributed by atoms with E-state index in [0.717, 1.165) is 0 Å². The molecule has 0 fully saturated rings. The zero-order chi connectivity index (χ0) is 27.2. The fraction of sp³-hybridized carbons (Fsp3) is 0.0400. The van der Waals surface area contributed by atoms with Crippen LogP contribution in [0.3, 0.4) is 0 Å². The number of nitriles is 1. The minimum absolute atomic E-state index is 0.0912. The van der Waals surface area contributed by atoms with Gasteiger partial charge in [-0.25, -0.2) is 15.0 Å². The Morgan fingerprint density at radius 2 is 1.38 bits per heavy atom. The molecule has 0 aliphatic carbocycles. The third kappa shape index (κ3) is 5.87. The molecule has 14 heteroatoms. The number of rotatable bonds is 8. The van der Waals surface area contributed by atoms with Gasteiger partial charge in [0.25, 0.3) is 5.56 Å². The lowest BCUT2D eigenvalue weighted by Crippen LogP contribution is -2.27. The van der Waals surface area contributed by atoms with Gasteiger partial charge < -0.3 is 10.6 Å². The third-order valence-corrected chi connectivity index (χ3v) is 5.50. The Bertz CT molecular complexity index is 1640. The number of nitrogens with one attached hydrogen (secondary N) is 4. The maximum atomic E-state index is 12.9. The van der Waals surface area contributed by atoms with E-state index in [1.807, 2.05) is 18.2 Å². The van der Waals surface area contributed by atoms with Crippen LogP contribution in [-0.4, -0.2) is 34.5 Å². The molecule has 5 aromatic rings. The number of halogens is 1. The summed E-state index contributed by atoms with van der Waals surface area (Å²) in [7, 11) is 1.49. The van der Waals surface area contributed by atoms with Crippen LogP contribution in [0.1, 0.15) is 5.56 Å². The van der Waals surface area contributed by atoms with Gasteiger partial charge in [-0.3, -0.25) is 20.2 Å². The summed E-state index contributed by atoms with van der Waals surface area (Å²) in [5.74, 6) is 1.63. The summed E-state index contributed by atoms with van der Waals surface area (Å²) in [6.45, 7) is 0. The number of anilines is 6. The molecule has 13 nitrogen and oxygen atoms in total. The molecule has 0 aliphatic rings. The molecule has 0 bridgehead atoms. The van der Waals surface area contributed by atoms with Crippen LogP contribution in [0.2, 0.25) is 5.02 Å². The minimum atomic E-state index is -0.535. The minimum Gasteiger partial charge on any atom is -0.309 e. The van der Waals surface area contributed by atoms with Crippen molar-refractivity contribution in [3.05, 3.63) is 94.0 Å². The van der Waals surface area contributed by atoms with Gasteiger partial charge in [-0.1, -0.05) is 35.9 Å². The van der Waals surface area contributed by atoms with Crippen LogP contribution in [0.4, 0.5) is 35.4 Å². The second-order valence-corrected chi connectivity index (χ2v) is 8.31. The molecule has 5 rings (SSSR count). The number of hydrazine groups is 1. The van der Waals surface area contributed by atoms with Crippen LogP contribution in [0, 0.1) is 11.3 Å². The standard InChI is InChI=1S/C25H19ClN12O/c1-38-21(39)17(14-27)20(15-8-10-16(26)11-9-15)32-25(38)37-36-24-34-22(30-18-6-2-4-12-28-18)33-23(35-24)31-19-7-3-5-13-29-19/h2-13H,1H3,(H,32,37)(H3,28,29,30,31,33,34,35,36). The number of pyridine rings is 2. The maximum absolute atomic E-state index is 12.9. The van der Waals surface area contributed by atoms with Crippen molar-refractivity contribution < 1.29 is 0 Å². The lowest BCUT2D eigenvalue weighted by Gasteiger charge is -2.15. The average molecular weight is 539 g/mol. The zero-order valence-electron chi connectivity index (χ0n) is 20.3. The highest BCUT2D eigenvalue weighted by atomic mass is 35.5. The van der Waals surface area contributed by atoms with Gasteiger partial charge in [0.2, 0.25) is 23.8 Å². The summed E-state index contributed by atoms with van der Waals surface area (Å²) in [6, 6.07) is 19.3. The Morgan fingerprint density at radius 1 is 0.795 bits per heavy atom.